The quantitative estimate of drug-likeness (QED) is 0.644. The summed E-state index contributed by atoms with van der Waals surface area (Å²) in [7, 11) is 0. The Morgan fingerprint density at radius 2 is 2.12 bits per heavy atom. The van der Waals surface area contributed by atoms with Crippen LogP contribution in [0.1, 0.15) is 35.4 Å². The molecule has 0 spiro atoms. The molecule has 3 nitrogen and oxygen atoms in total. The number of carbonyl (C=O) groups excluding carboxylic acids is 1. The number of halogens is 1. The molecule has 0 aliphatic carbocycles. The van der Waals surface area contributed by atoms with Gasteiger partial charge in [-0.1, -0.05) is 41.1 Å². The van der Waals surface area contributed by atoms with Crippen LogP contribution in [0, 0.1) is 0 Å². The molecule has 88 valence electrons. The second-order valence-corrected chi connectivity index (χ2v) is 4.22. The van der Waals surface area contributed by atoms with Gasteiger partial charge in [-0.25, -0.2) is 0 Å². The zero-order chi connectivity index (χ0) is 12.1. The molecule has 2 atom stereocenters. The van der Waals surface area contributed by atoms with E-state index in [4.69, 9.17) is 0 Å². The van der Waals surface area contributed by atoms with Crippen molar-refractivity contribution in [1.29, 1.82) is 0 Å². The van der Waals surface area contributed by atoms with Gasteiger partial charge in [0.05, 0.1) is 6.10 Å². The minimum atomic E-state index is -0.969. The summed E-state index contributed by atoms with van der Waals surface area (Å²) in [6.45, 7) is 1.79. The number of Topliss-reactive ketones (excluding diaryl/α,β-unsaturated/α-hetero) is 1. The Bertz CT molecular complexity index is 365. The summed E-state index contributed by atoms with van der Waals surface area (Å²) in [6.07, 6.45) is -1.41. The van der Waals surface area contributed by atoms with Crippen LogP contribution in [0.4, 0.5) is 0 Å². The molecule has 0 aromatic heterocycles. The predicted octanol–water partition coefficient (Wildman–Crippen LogP) is 2.07. The lowest BCUT2D eigenvalue weighted by atomic mass is 10.0. The number of aliphatic hydroxyl groups is 2. The highest BCUT2D eigenvalue weighted by Gasteiger charge is 2.17. The Balaban J connectivity index is 2.94. The van der Waals surface area contributed by atoms with Crippen molar-refractivity contribution in [1.82, 2.24) is 0 Å². The monoisotopic (exact) mass is 286 g/mol. The average Bonchev–Trinajstić information content (AvgIpc) is 2.36. The van der Waals surface area contributed by atoms with Crippen LogP contribution >= 0.6 is 15.9 Å². The van der Waals surface area contributed by atoms with E-state index in [9.17, 15) is 15.0 Å². The molecular weight excluding hydrogens is 272 g/mol. The van der Waals surface area contributed by atoms with E-state index in [1.54, 1.807) is 31.2 Å². The normalized spacial score (nSPS) is 14.5. The van der Waals surface area contributed by atoms with Crippen LogP contribution in [0.5, 0.6) is 0 Å². The van der Waals surface area contributed by atoms with E-state index in [1.165, 1.54) is 0 Å². The number of alkyl halides is 1. The van der Waals surface area contributed by atoms with E-state index in [1.807, 2.05) is 0 Å². The first-order chi connectivity index (χ1) is 7.60. The third kappa shape index (κ3) is 3.14. The third-order valence-electron chi connectivity index (χ3n) is 2.39. The van der Waals surface area contributed by atoms with Crippen LogP contribution in [0.15, 0.2) is 24.3 Å². The lowest BCUT2D eigenvalue weighted by Crippen LogP contribution is -2.19. The van der Waals surface area contributed by atoms with Gasteiger partial charge in [-0.05, 0) is 11.6 Å². The number of aliphatic hydroxyl groups excluding tert-OH is 2. The van der Waals surface area contributed by atoms with Crippen molar-refractivity contribution in [3.05, 3.63) is 35.4 Å². The summed E-state index contributed by atoms with van der Waals surface area (Å²) in [5.41, 5.74) is 1.13. The Kier molecular flexibility index (Phi) is 5.12. The molecule has 1 rings (SSSR count). The minimum Gasteiger partial charge on any atom is -0.389 e. The smallest absolute Gasteiger partial charge is 0.162 e. The van der Waals surface area contributed by atoms with Crippen molar-refractivity contribution in [2.24, 2.45) is 0 Å². The number of hydrogen-bond donors (Lipinski definition) is 2. The fourth-order valence-corrected chi connectivity index (χ4v) is 1.76. The van der Waals surface area contributed by atoms with Crippen molar-refractivity contribution in [2.75, 3.05) is 5.33 Å². The summed E-state index contributed by atoms with van der Waals surface area (Å²) in [6, 6.07) is 6.75. The molecule has 0 saturated heterocycles. The molecule has 0 radical (unpaired) electrons. The van der Waals surface area contributed by atoms with E-state index < -0.39 is 12.2 Å². The maximum Gasteiger partial charge on any atom is 0.162 e. The maximum atomic E-state index is 11.5. The highest BCUT2D eigenvalue weighted by molar-refractivity contribution is 9.09. The average molecular weight is 287 g/mol. The van der Waals surface area contributed by atoms with Gasteiger partial charge in [-0.15, -0.1) is 0 Å². The Morgan fingerprint density at radius 3 is 2.69 bits per heavy atom. The number of hydrogen-bond acceptors (Lipinski definition) is 3. The summed E-state index contributed by atoms with van der Waals surface area (Å²) >= 11 is 3.10. The zero-order valence-electron chi connectivity index (χ0n) is 9.06. The summed E-state index contributed by atoms with van der Waals surface area (Å²) in [4.78, 5) is 11.5. The molecule has 1 aromatic carbocycles. The zero-order valence-corrected chi connectivity index (χ0v) is 10.6. The van der Waals surface area contributed by atoms with Gasteiger partial charge in [0.1, 0.15) is 6.10 Å². The van der Waals surface area contributed by atoms with Crippen LogP contribution in [0.25, 0.3) is 0 Å². The van der Waals surface area contributed by atoms with Crippen LogP contribution in [0.3, 0.4) is 0 Å². The largest absolute Gasteiger partial charge is 0.389 e. The SMILES string of the molecule is CCC(=O)c1cccc(C(O)C(O)CBr)c1. The summed E-state index contributed by atoms with van der Waals surface area (Å²) in [5, 5.41) is 19.6. The standard InChI is InChI=1S/C12H15BrO3/c1-2-10(14)8-4-3-5-9(6-8)12(16)11(15)7-13/h3-6,11-12,15-16H,2,7H2,1H3. The first-order valence-electron chi connectivity index (χ1n) is 5.15. The highest BCUT2D eigenvalue weighted by Crippen LogP contribution is 2.19. The summed E-state index contributed by atoms with van der Waals surface area (Å²) in [5.74, 6) is 0.0300. The van der Waals surface area contributed by atoms with Gasteiger partial charge >= 0.3 is 0 Å². The molecule has 0 aliphatic rings. The lowest BCUT2D eigenvalue weighted by Gasteiger charge is -2.16. The number of ketones is 1. The predicted molar refractivity (Wildman–Crippen MR) is 65.8 cm³/mol. The molecule has 0 amide bonds. The molecule has 4 heteroatoms. The van der Waals surface area contributed by atoms with Crippen molar-refractivity contribution < 1.29 is 15.0 Å². The van der Waals surface area contributed by atoms with E-state index >= 15 is 0 Å². The Hall–Kier alpha value is -0.710. The van der Waals surface area contributed by atoms with E-state index in [0.717, 1.165) is 0 Å². The van der Waals surface area contributed by atoms with Gasteiger partial charge in [-0.2, -0.15) is 0 Å². The van der Waals surface area contributed by atoms with Crippen LogP contribution < -0.4 is 0 Å². The number of rotatable bonds is 5. The highest BCUT2D eigenvalue weighted by atomic mass is 79.9. The van der Waals surface area contributed by atoms with Crippen molar-refractivity contribution >= 4 is 21.7 Å². The molecule has 0 bridgehead atoms. The van der Waals surface area contributed by atoms with Gasteiger partial charge < -0.3 is 10.2 Å². The second kappa shape index (κ2) is 6.13. The van der Waals surface area contributed by atoms with Gasteiger partial charge in [0.2, 0.25) is 0 Å². The lowest BCUT2D eigenvalue weighted by molar-refractivity contribution is 0.0342. The molecule has 0 heterocycles. The molecule has 2 unspecified atom stereocenters. The van der Waals surface area contributed by atoms with Crippen molar-refractivity contribution in [3.8, 4) is 0 Å². The fourth-order valence-electron chi connectivity index (χ4n) is 1.41. The van der Waals surface area contributed by atoms with Gasteiger partial charge in [-0.3, -0.25) is 4.79 Å². The van der Waals surface area contributed by atoms with E-state index in [2.05, 4.69) is 15.9 Å². The van der Waals surface area contributed by atoms with Crippen LogP contribution in [-0.2, 0) is 0 Å². The second-order valence-electron chi connectivity index (χ2n) is 3.57. The van der Waals surface area contributed by atoms with Gasteiger partial charge in [0.15, 0.2) is 5.78 Å². The topological polar surface area (TPSA) is 57.5 Å². The molecule has 1 aromatic rings. The van der Waals surface area contributed by atoms with Crippen LogP contribution in [0.2, 0.25) is 0 Å². The van der Waals surface area contributed by atoms with Gasteiger partial charge in [0, 0.05) is 17.3 Å². The van der Waals surface area contributed by atoms with Crippen LogP contribution in [-0.4, -0.2) is 27.4 Å². The van der Waals surface area contributed by atoms with Crippen molar-refractivity contribution in [2.45, 2.75) is 25.6 Å². The Labute approximate surface area is 103 Å². The van der Waals surface area contributed by atoms with Gasteiger partial charge in [0.25, 0.3) is 0 Å². The number of benzene rings is 1. The molecule has 0 aliphatic heterocycles. The third-order valence-corrected chi connectivity index (χ3v) is 3.06. The molecular formula is C12H15BrO3. The fraction of sp³-hybridized carbons (Fsp3) is 0.417. The minimum absolute atomic E-state index is 0.0300. The van der Waals surface area contributed by atoms with Crippen molar-refractivity contribution in [3.63, 3.8) is 0 Å². The van der Waals surface area contributed by atoms with E-state index in [-0.39, 0.29) is 5.78 Å². The number of carbonyl (C=O) groups is 1. The van der Waals surface area contributed by atoms with E-state index in [0.29, 0.717) is 22.9 Å². The molecule has 0 fully saturated rings. The molecule has 2 N–H and O–H groups in total. The Morgan fingerprint density at radius 1 is 1.44 bits per heavy atom. The first kappa shape index (κ1) is 13.4. The molecule has 16 heavy (non-hydrogen) atoms. The summed E-state index contributed by atoms with van der Waals surface area (Å²) < 4.78 is 0. The first-order valence-corrected chi connectivity index (χ1v) is 6.27. The molecule has 0 saturated carbocycles. The maximum absolute atomic E-state index is 11.5.